The smallest absolute Gasteiger partial charge is 0.203 e. The Bertz CT molecular complexity index is 450. The molecule has 1 heterocycles. The van der Waals surface area contributed by atoms with Crippen LogP contribution in [0.15, 0.2) is 35.3 Å². The zero-order chi connectivity index (χ0) is 13.5. The zero-order valence-electron chi connectivity index (χ0n) is 10.8. The summed E-state index contributed by atoms with van der Waals surface area (Å²) in [5.41, 5.74) is 0.950. The predicted molar refractivity (Wildman–Crippen MR) is 79.7 cm³/mol. The summed E-state index contributed by atoms with van der Waals surface area (Å²) < 4.78 is 10.6. The van der Waals surface area contributed by atoms with E-state index in [0.29, 0.717) is 30.7 Å². The highest BCUT2D eigenvalue weighted by molar-refractivity contribution is 7.80. The Kier molecular flexibility index (Phi) is 5.11. The molecule has 0 saturated carbocycles. The van der Waals surface area contributed by atoms with Crippen molar-refractivity contribution in [3.05, 3.63) is 30.3 Å². The summed E-state index contributed by atoms with van der Waals surface area (Å²) in [4.78, 5) is 4.28. The molecule has 1 aromatic carbocycles. The van der Waals surface area contributed by atoms with Gasteiger partial charge in [-0.3, -0.25) is 4.99 Å². The fourth-order valence-electron chi connectivity index (χ4n) is 1.69. The van der Waals surface area contributed by atoms with Crippen molar-refractivity contribution < 1.29 is 9.47 Å². The fraction of sp³-hybridized carbons (Fsp3) is 0.385. The molecule has 0 aromatic heterocycles. The molecular weight excluding hydrogens is 262 g/mol. The van der Waals surface area contributed by atoms with Crippen molar-refractivity contribution in [3.63, 3.8) is 0 Å². The molecule has 1 aromatic rings. The van der Waals surface area contributed by atoms with Gasteiger partial charge in [-0.05, 0) is 24.4 Å². The van der Waals surface area contributed by atoms with E-state index in [1.54, 1.807) is 7.11 Å². The number of nitrogens with one attached hydrogen (secondary N) is 2. The Morgan fingerprint density at radius 3 is 3.00 bits per heavy atom. The molecule has 5 nitrogen and oxygen atoms in total. The average Bonchev–Trinajstić information content (AvgIpc) is 2.86. The van der Waals surface area contributed by atoms with Gasteiger partial charge in [0.2, 0.25) is 5.90 Å². The second kappa shape index (κ2) is 7.06. The molecule has 0 fully saturated rings. The molecule has 2 N–H and O–H groups in total. The molecule has 0 radical (unpaired) electrons. The molecule has 0 aliphatic carbocycles. The first-order valence-corrected chi connectivity index (χ1v) is 6.47. The molecule has 0 saturated heterocycles. The Balaban J connectivity index is 1.70. The maximum Gasteiger partial charge on any atom is 0.203 e. The zero-order valence-corrected chi connectivity index (χ0v) is 11.6. The first kappa shape index (κ1) is 13.8. The number of aliphatic imine (C=N–C) groups is 1. The lowest BCUT2D eigenvalue weighted by Gasteiger charge is -2.12. The summed E-state index contributed by atoms with van der Waals surface area (Å²) in [6, 6.07) is 9.76. The fourth-order valence-corrected chi connectivity index (χ4v) is 1.88. The van der Waals surface area contributed by atoms with Crippen molar-refractivity contribution in [2.45, 2.75) is 6.10 Å². The van der Waals surface area contributed by atoms with Gasteiger partial charge in [0.1, 0.15) is 6.10 Å². The van der Waals surface area contributed by atoms with Crippen molar-refractivity contribution in [2.24, 2.45) is 4.99 Å². The lowest BCUT2D eigenvalue weighted by molar-refractivity contribution is 0.0903. The lowest BCUT2D eigenvalue weighted by Crippen LogP contribution is -2.34. The molecule has 1 aliphatic heterocycles. The highest BCUT2D eigenvalue weighted by Crippen LogP contribution is 2.06. The molecule has 0 spiro atoms. The average molecular weight is 279 g/mol. The van der Waals surface area contributed by atoms with Crippen LogP contribution in [-0.2, 0) is 9.47 Å². The van der Waals surface area contributed by atoms with Crippen LogP contribution in [0.2, 0.25) is 0 Å². The number of hydrogen-bond donors (Lipinski definition) is 2. The van der Waals surface area contributed by atoms with E-state index in [1.165, 1.54) is 0 Å². The Morgan fingerprint density at radius 2 is 2.26 bits per heavy atom. The highest BCUT2D eigenvalue weighted by Gasteiger charge is 2.19. The molecule has 0 bridgehead atoms. The number of ether oxygens (including phenoxy) is 2. The van der Waals surface area contributed by atoms with Crippen LogP contribution in [0.25, 0.3) is 0 Å². The van der Waals surface area contributed by atoms with Gasteiger partial charge in [0.25, 0.3) is 0 Å². The van der Waals surface area contributed by atoms with Crippen molar-refractivity contribution in [1.82, 2.24) is 5.32 Å². The van der Waals surface area contributed by atoms with Gasteiger partial charge in [-0.15, -0.1) is 0 Å². The van der Waals surface area contributed by atoms with E-state index in [9.17, 15) is 0 Å². The second-order valence-corrected chi connectivity index (χ2v) is 4.51. The van der Waals surface area contributed by atoms with Gasteiger partial charge in [-0.25, -0.2) is 0 Å². The molecule has 6 heteroatoms. The number of anilines is 1. The first-order chi connectivity index (χ1) is 9.28. The third-order valence-corrected chi connectivity index (χ3v) is 2.80. The van der Waals surface area contributed by atoms with E-state index in [1.807, 2.05) is 30.3 Å². The van der Waals surface area contributed by atoms with Crippen LogP contribution in [0, 0.1) is 0 Å². The monoisotopic (exact) mass is 279 g/mol. The number of rotatable bonds is 5. The van der Waals surface area contributed by atoms with E-state index in [2.05, 4.69) is 15.6 Å². The lowest BCUT2D eigenvalue weighted by atomic mass is 10.3. The van der Waals surface area contributed by atoms with Crippen molar-refractivity contribution >= 4 is 28.9 Å². The summed E-state index contributed by atoms with van der Waals surface area (Å²) in [5.74, 6) is 0.666. The summed E-state index contributed by atoms with van der Waals surface area (Å²) in [7, 11) is 1.65. The van der Waals surface area contributed by atoms with Crippen LogP contribution in [0.5, 0.6) is 0 Å². The van der Waals surface area contributed by atoms with Crippen LogP contribution in [0.4, 0.5) is 5.69 Å². The number of para-hydroxylation sites is 1. The standard InChI is InChI=1S/C13H17N3O2S/c1-17-9-11-7-14-12(18-11)8-15-13(19)16-10-5-3-2-4-6-10/h2-6,11H,7-9H2,1H3,(H2,15,16,19). The molecule has 2 rings (SSSR count). The number of nitrogens with zero attached hydrogens (tertiary/aromatic N) is 1. The van der Waals surface area contributed by atoms with E-state index in [0.717, 1.165) is 5.69 Å². The van der Waals surface area contributed by atoms with Crippen molar-refractivity contribution in [1.29, 1.82) is 0 Å². The summed E-state index contributed by atoms with van der Waals surface area (Å²) in [5, 5.41) is 6.70. The van der Waals surface area contributed by atoms with E-state index in [4.69, 9.17) is 21.7 Å². The molecule has 1 atom stereocenters. The maximum absolute atomic E-state index is 5.58. The topological polar surface area (TPSA) is 54.9 Å². The third-order valence-electron chi connectivity index (χ3n) is 2.56. The quantitative estimate of drug-likeness (QED) is 0.798. The summed E-state index contributed by atoms with van der Waals surface area (Å²) in [6.45, 7) is 1.68. The number of thiocarbonyl (C=S) groups is 1. The van der Waals surface area contributed by atoms with Crippen molar-refractivity contribution in [2.75, 3.05) is 32.1 Å². The van der Waals surface area contributed by atoms with E-state index < -0.39 is 0 Å². The number of hydrogen-bond acceptors (Lipinski definition) is 4. The largest absolute Gasteiger partial charge is 0.472 e. The van der Waals surface area contributed by atoms with Gasteiger partial charge in [-0.1, -0.05) is 18.2 Å². The molecule has 0 amide bonds. The van der Waals surface area contributed by atoms with Gasteiger partial charge >= 0.3 is 0 Å². The maximum atomic E-state index is 5.58. The Hall–Kier alpha value is -1.66. The molecular formula is C13H17N3O2S. The van der Waals surface area contributed by atoms with Gasteiger partial charge in [0.15, 0.2) is 5.11 Å². The van der Waals surface area contributed by atoms with Gasteiger partial charge in [0, 0.05) is 12.8 Å². The SMILES string of the molecule is COCC1CN=C(CNC(=S)Nc2ccccc2)O1. The normalized spacial score (nSPS) is 17.5. The summed E-state index contributed by atoms with van der Waals surface area (Å²) in [6.07, 6.45) is 0.0254. The van der Waals surface area contributed by atoms with Gasteiger partial charge < -0.3 is 20.1 Å². The first-order valence-electron chi connectivity index (χ1n) is 6.06. The van der Waals surface area contributed by atoms with E-state index in [-0.39, 0.29) is 6.10 Å². The van der Waals surface area contributed by atoms with Gasteiger partial charge in [0.05, 0.1) is 19.7 Å². The second-order valence-electron chi connectivity index (χ2n) is 4.10. The number of benzene rings is 1. The van der Waals surface area contributed by atoms with E-state index >= 15 is 0 Å². The predicted octanol–water partition coefficient (Wildman–Crippen LogP) is 1.42. The highest BCUT2D eigenvalue weighted by atomic mass is 32.1. The number of methoxy groups -OCH3 is 1. The summed E-state index contributed by atoms with van der Waals surface area (Å²) >= 11 is 5.19. The van der Waals surface area contributed by atoms with Crippen LogP contribution < -0.4 is 10.6 Å². The van der Waals surface area contributed by atoms with Crippen molar-refractivity contribution in [3.8, 4) is 0 Å². The molecule has 1 unspecified atom stereocenters. The van der Waals surface area contributed by atoms with Crippen LogP contribution in [0.1, 0.15) is 0 Å². The Labute approximate surface area is 118 Å². The van der Waals surface area contributed by atoms with Gasteiger partial charge in [-0.2, -0.15) is 0 Å². The molecule has 19 heavy (non-hydrogen) atoms. The van der Waals surface area contributed by atoms with Crippen LogP contribution in [0.3, 0.4) is 0 Å². The minimum Gasteiger partial charge on any atom is -0.472 e. The molecule has 102 valence electrons. The molecule has 1 aliphatic rings. The third kappa shape index (κ3) is 4.50. The minimum atomic E-state index is 0.0254. The Morgan fingerprint density at radius 1 is 1.47 bits per heavy atom. The van der Waals surface area contributed by atoms with Crippen LogP contribution in [-0.4, -0.2) is 43.9 Å². The van der Waals surface area contributed by atoms with Crippen LogP contribution >= 0.6 is 12.2 Å². The minimum absolute atomic E-state index is 0.0254.